The molecule has 0 aliphatic heterocycles. The highest BCUT2D eigenvalue weighted by molar-refractivity contribution is 7.39. The second-order valence-electron chi connectivity index (χ2n) is 3.35. The van der Waals surface area contributed by atoms with Crippen LogP contribution in [0.1, 0.15) is 38.5 Å². The van der Waals surface area contributed by atoms with E-state index in [1.807, 2.05) is 0 Å². The number of rotatable bonds is 10. The first-order valence-electron chi connectivity index (χ1n) is 5.29. The van der Waals surface area contributed by atoms with Gasteiger partial charge in [-0.1, -0.05) is 19.3 Å². The van der Waals surface area contributed by atoms with Crippen molar-refractivity contribution >= 4 is 8.03 Å². The van der Waals surface area contributed by atoms with Crippen molar-refractivity contribution in [2.24, 2.45) is 0 Å². The van der Waals surface area contributed by atoms with E-state index in [1.54, 1.807) is 7.11 Å². The molecule has 0 aromatic carbocycles. The summed E-state index contributed by atoms with van der Waals surface area (Å²) in [7, 11) is 1.86. The Balaban J connectivity index is 2.95. The zero-order valence-electron chi connectivity index (χ0n) is 9.33. The summed E-state index contributed by atoms with van der Waals surface area (Å²) in [6, 6.07) is 0. The molecule has 1 unspecified atom stereocenters. The molecular formula is C10H22O3P+. The van der Waals surface area contributed by atoms with E-state index in [-0.39, 0.29) is 0 Å². The summed E-state index contributed by atoms with van der Waals surface area (Å²) in [5.74, 6) is 0. The van der Waals surface area contributed by atoms with Crippen LogP contribution in [0.5, 0.6) is 0 Å². The van der Waals surface area contributed by atoms with Gasteiger partial charge >= 0.3 is 8.03 Å². The summed E-state index contributed by atoms with van der Waals surface area (Å²) < 4.78 is 20.6. The summed E-state index contributed by atoms with van der Waals surface area (Å²) in [5.41, 5.74) is 0. The van der Waals surface area contributed by atoms with Crippen LogP contribution in [0.25, 0.3) is 0 Å². The fourth-order valence-electron chi connectivity index (χ4n) is 1.29. The van der Waals surface area contributed by atoms with E-state index >= 15 is 0 Å². The van der Waals surface area contributed by atoms with Crippen molar-refractivity contribution in [3.05, 3.63) is 0 Å². The van der Waals surface area contributed by atoms with E-state index < -0.39 is 8.03 Å². The Hall–Kier alpha value is 0.0200. The zero-order valence-corrected chi connectivity index (χ0v) is 10.2. The maximum Gasteiger partial charge on any atom is 0.507 e. The van der Waals surface area contributed by atoms with Gasteiger partial charge in [-0.3, -0.25) is 0 Å². The van der Waals surface area contributed by atoms with Crippen molar-refractivity contribution in [3.63, 3.8) is 0 Å². The summed E-state index contributed by atoms with van der Waals surface area (Å²) in [6.45, 7) is 0.871. The van der Waals surface area contributed by atoms with E-state index in [9.17, 15) is 4.57 Å². The second-order valence-corrected chi connectivity index (χ2v) is 4.83. The third kappa shape index (κ3) is 10.1. The molecule has 0 N–H and O–H groups in total. The van der Waals surface area contributed by atoms with Gasteiger partial charge < -0.3 is 4.74 Å². The predicted octanol–water partition coefficient (Wildman–Crippen LogP) is 3.36. The Bertz CT molecular complexity index is 139. The lowest BCUT2D eigenvalue weighted by Crippen LogP contribution is -1.88. The maximum atomic E-state index is 10.9. The number of hydrogen-bond donors (Lipinski definition) is 0. The normalized spacial score (nSPS) is 11.7. The SMILES string of the molecule is COCCCCCCCC[P+](=O)OC. The van der Waals surface area contributed by atoms with Crippen molar-refractivity contribution in [1.29, 1.82) is 0 Å². The monoisotopic (exact) mass is 221 g/mol. The van der Waals surface area contributed by atoms with E-state index in [4.69, 9.17) is 9.26 Å². The maximum absolute atomic E-state index is 10.9. The van der Waals surface area contributed by atoms with E-state index in [2.05, 4.69) is 0 Å². The van der Waals surface area contributed by atoms with Crippen molar-refractivity contribution < 1.29 is 13.8 Å². The van der Waals surface area contributed by atoms with Crippen LogP contribution in [-0.4, -0.2) is 27.0 Å². The Morgan fingerprint density at radius 2 is 1.50 bits per heavy atom. The van der Waals surface area contributed by atoms with Crippen molar-refractivity contribution in [2.75, 3.05) is 27.0 Å². The molecular weight excluding hydrogens is 199 g/mol. The minimum atomic E-state index is -1.38. The van der Waals surface area contributed by atoms with Gasteiger partial charge in [0, 0.05) is 13.7 Å². The van der Waals surface area contributed by atoms with Crippen LogP contribution >= 0.6 is 8.03 Å². The van der Waals surface area contributed by atoms with Crippen LogP contribution < -0.4 is 0 Å². The van der Waals surface area contributed by atoms with Gasteiger partial charge in [0.25, 0.3) is 0 Å². The molecule has 0 saturated carbocycles. The Morgan fingerprint density at radius 3 is 2.07 bits per heavy atom. The highest BCUT2D eigenvalue weighted by Gasteiger charge is 2.12. The molecule has 0 spiro atoms. The van der Waals surface area contributed by atoms with Crippen molar-refractivity contribution in [3.8, 4) is 0 Å². The molecule has 0 aromatic heterocycles. The summed E-state index contributed by atoms with van der Waals surface area (Å²) in [5, 5.41) is 0. The molecule has 84 valence electrons. The first kappa shape index (κ1) is 14.0. The molecule has 3 nitrogen and oxygen atoms in total. The van der Waals surface area contributed by atoms with Crippen molar-refractivity contribution in [2.45, 2.75) is 38.5 Å². The van der Waals surface area contributed by atoms with Gasteiger partial charge in [-0.25, -0.2) is 0 Å². The largest absolute Gasteiger partial charge is 0.507 e. The lowest BCUT2D eigenvalue weighted by Gasteiger charge is -1.98. The number of ether oxygens (including phenoxy) is 1. The lowest BCUT2D eigenvalue weighted by molar-refractivity contribution is 0.192. The number of methoxy groups -OCH3 is 1. The van der Waals surface area contributed by atoms with Crippen molar-refractivity contribution in [1.82, 2.24) is 0 Å². The van der Waals surface area contributed by atoms with Crippen LogP contribution in [0.3, 0.4) is 0 Å². The third-order valence-electron chi connectivity index (χ3n) is 2.14. The fourth-order valence-corrected chi connectivity index (χ4v) is 1.95. The predicted molar refractivity (Wildman–Crippen MR) is 59.1 cm³/mol. The van der Waals surface area contributed by atoms with Crippen LogP contribution in [0, 0.1) is 0 Å². The molecule has 0 fully saturated rings. The molecule has 0 aromatic rings. The standard InChI is InChI=1S/C10H22O3P/c1-12-9-7-5-3-4-6-8-10-14(11)13-2/h3-10H2,1-2H3/q+1. The first-order chi connectivity index (χ1) is 6.81. The topological polar surface area (TPSA) is 35.5 Å². The average molecular weight is 221 g/mol. The third-order valence-corrected chi connectivity index (χ3v) is 3.23. The summed E-state index contributed by atoms with van der Waals surface area (Å²) in [6.07, 6.45) is 7.78. The molecule has 0 rings (SSSR count). The van der Waals surface area contributed by atoms with Crippen LogP contribution in [0.15, 0.2) is 0 Å². The highest BCUT2D eigenvalue weighted by Crippen LogP contribution is 2.22. The number of hydrogen-bond acceptors (Lipinski definition) is 3. The van der Waals surface area contributed by atoms with E-state index in [1.165, 1.54) is 26.4 Å². The molecule has 0 aliphatic carbocycles. The van der Waals surface area contributed by atoms with Gasteiger partial charge in [0.1, 0.15) is 0 Å². The minimum absolute atomic E-state index is 0.712. The quantitative estimate of drug-likeness (QED) is 0.419. The molecule has 0 amide bonds. The molecule has 4 heteroatoms. The van der Waals surface area contributed by atoms with Gasteiger partial charge in [0.15, 0.2) is 6.16 Å². The molecule has 1 atom stereocenters. The van der Waals surface area contributed by atoms with E-state index in [0.29, 0.717) is 6.16 Å². The zero-order chi connectivity index (χ0) is 10.6. The van der Waals surface area contributed by atoms with Crippen LogP contribution in [0.2, 0.25) is 0 Å². The smallest absolute Gasteiger partial charge is 0.385 e. The Labute approximate surface area is 88.0 Å². The van der Waals surface area contributed by atoms with Gasteiger partial charge in [-0.05, 0) is 23.8 Å². The molecule has 0 heterocycles. The van der Waals surface area contributed by atoms with Gasteiger partial charge in [0.05, 0.1) is 7.11 Å². The molecule has 14 heavy (non-hydrogen) atoms. The Kier molecular flexibility index (Phi) is 11.1. The molecule has 0 saturated heterocycles. The van der Waals surface area contributed by atoms with Crippen LogP contribution in [-0.2, 0) is 13.8 Å². The van der Waals surface area contributed by atoms with Gasteiger partial charge in [-0.2, -0.15) is 0 Å². The van der Waals surface area contributed by atoms with E-state index in [0.717, 1.165) is 25.9 Å². The van der Waals surface area contributed by atoms with Gasteiger partial charge in [-0.15, -0.1) is 4.52 Å². The fraction of sp³-hybridized carbons (Fsp3) is 1.00. The van der Waals surface area contributed by atoms with Gasteiger partial charge in [0.2, 0.25) is 0 Å². The number of unbranched alkanes of at least 4 members (excludes halogenated alkanes) is 5. The summed E-state index contributed by atoms with van der Waals surface area (Å²) in [4.78, 5) is 0. The molecule has 0 aliphatic rings. The van der Waals surface area contributed by atoms with Crippen LogP contribution in [0.4, 0.5) is 0 Å². The average Bonchev–Trinajstić information content (AvgIpc) is 2.21. The minimum Gasteiger partial charge on any atom is -0.385 e. The lowest BCUT2D eigenvalue weighted by atomic mass is 10.1. The Morgan fingerprint density at radius 1 is 0.929 bits per heavy atom. The molecule has 0 radical (unpaired) electrons. The summed E-state index contributed by atoms with van der Waals surface area (Å²) >= 11 is 0. The second kappa shape index (κ2) is 11.1. The first-order valence-corrected chi connectivity index (χ1v) is 6.65. The highest BCUT2D eigenvalue weighted by atomic mass is 31.1. The molecule has 0 bridgehead atoms.